The average molecular weight is 384 g/mol. The number of nitrogens with zero attached hydrogens (tertiary/aromatic N) is 2. The van der Waals surface area contributed by atoms with Gasteiger partial charge in [0.1, 0.15) is 5.82 Å². The van der Waals surface area contributed by atoms with Crippen LogP contribution in [0, 0.1) is 12.7 Å². The van der Waals surface area contributed by atoms with Crippen molar-refractivity contribution in [3.05, 3.63) is 76.7 Å². The Morgan fingerprint density at radius 2 is 1.63 bits per heavy atom. The lowest BCUT2D eigenvalue weighted by Gasteiger charge is -2.36. The number of halogens is 2. The van der Waals surface area contributed by atoms with E-state index in [4.69, 9.17) is 11.6 Å². The first-order valence-corrected chi connectivity index (χ1v) is 9.63. The zero-order chi connectivity index (χ0) is 18.8. The van der Waals surface area contributed by atoms with E-state index in [1.165, 1.54) is 29.1 Å². The molecular formula is C22H23ClFN3. The first-order chi connectivity index (χ1) is 13.1. The zero-order valence-corrected chi connectivity index (χ0v) is 16.1. The van der Waals surface area contributed by atoms with Crippen molar-refractivity contribution < 1.29 is 4.39 Å². The molecule has 0 unspecified atom stereocenters. The van der Waals surface area contributed by atoms with Crippen LogP contribution in [0.1, 0.15) is 11.3 Å². The maximum absolute atomic E-state index is 13.1. The average Bonchev–Trinajstić information content (AvgIpc) is 3.04. The molecule has 2 aromatic carbocycles. The van der Waals surface area contributed by atoms with Gasteiger partial charge in [-0.05, 0) is 60.5 Å². The molecule has 3 aromatic rings. The molecule has 5 heteroatoms. The summed E-state index contributed by atoms with van der Waals surface area (Å²) < 4.78 is 13.1. The number of hydrogen-bond donors (Lipinski definition) is 1. The highest BCUT2D eigenvalue weighted by Gasteiger charge is 2.19. The van der Waals surface area contributed by atoms with Crippen molar-refractivity contribution in [3.8, 4) is 11.3 Å². The minimum absolute atomic E-state index is 0.185. The molecule has 0 atom stereocenters. The monoisotopic (exact) mass is 383 g/mol. The van der Waals surface area contributed by atoms with E-state index in [9.17, 15) is 4.39 Å². The van der Waals surface area contributed by atoms with Crippen molar-refractivity contribution in [1.82, 2.24) is 9.88 Å². The summed E-state index contributed by atoms with van der Waals surface area (Å²) in [5, 5.41) is 0.750. The smallest absolute Gasteiger partial charge is 0.123 e. The Labute approximate surface area is 164 Å². The highest BCUT2D eigenvalue weighted by molar-refractivity contribution is 6.30. The summed E-state index contributed by atoms with van der Waals surface area (Å²) >= 11 is 6.03. The third-order valence-corrected chi connectivity index (χ3v) is 5.38. The highest BCUT2D eigenvalue weighted by Crippen LogP contribution is 2.27. The van der Waals surface area contributed by atoms with Crippen LogP contribution >= 0.6 is 11.6 Å². The Hall–Kier alpha value is -2.30. The molecule has 0 spiro atoms. The SMILES string of the molecule is Cc1cc(CN2CCN(c3ccc(F)cc3)CC2)c(-c2ccc(Cl)cc2)[nH]1. The van der Waals surface area contributed by atoms with Gasteiger partial charge in [0.2, 0.25) is 0 Å². The number of anilines is 1. The number of aromatic amines is 1. The summed E-state index contributed by atoms with van der Waals surface area (Å²) in [7, 11) is 0. The molecule has 1 fully saturated rings. The van der Waals surface area contributed by atoms with E-state index >= 15 is 0 Å². The Morgan fingerprint density at radius 3 is 2.30 bits per heavy atom. The molecule has 0 amide bonds. The number of aryl methyl sites for hydroxylation is 1. The molecular weight excluding hydrogens is 361 g/mol. The molecule has 3 nitrogen and oxygen atoms in total. The Balaban J connectivity index is 1.43. The molecule has 0 radical (unpaired) electrons. The van der Waals surface area contributed by atoms with E-state index in [1.54, 1.807) is 0 Å². The molecule has 4 rings (SSSR count). The molecule has 140 valence electrons. The van der Waals surface area contributed by atoms with Crippen LogP contribution in [0.3, 0.4) is 0 Å². The van der Waals surface area contributed by atoms with Gasteiger partial charge in [-0.25, -0.2) is 4.39 Å². The van der Waals surface area contributed by atoms with Crippen molar-refractivity contribution in [2.75, 3.05) is 31.1 Å². The van der Waals surface area contributed by atoms with Gasteiger partial charge < -0.3 is 9.88 Å². The Bertz CT molecular complexity index is 894. The van der Waals surface area contributed by atoms with Crippen LogP contribution in [0.25, 0.3) is 11.3 Å². The fourth-order valence-electron chi connectivity index (χ4n) is 3.70. The molecule has 1 saturated heterocycles. The zero-order valence-electron chi connectivity index (χ0n) is 15.4. The fraction of sp³-hybridized carbons (Fsp3) is 0.273. The third kappa shape index (κ3) is 4.18. The highest BCUT2D eigenvalue weighted by atomic mass is 35.5. The van der Waals surface area contributed by atoms with Gasteiger partial charge in [0.05, 0.1) is 5.69 Å². The standard InChI is InChI=1S/C22H23ClFN3/c1-16-14-18(22(25-16)17-2-4-19(23)5-3-17)15-26-10-12-27(13-11-26)21-8-6-20(24)7-9-21/h2-9,14,25H,10-13,15H2,1H3. The first kappa shape index (κ1) is 18.1. The lowest BCUT2D eigenvalue weighted by molar-refractivity contribution is 0.250. The molecule has 1 N–H and O–H groups in total. The second kappa shape index (κ2) is 7.75. The summed E-state index contributed by atoms with van der Waals surface area (Å²) in [6, 6.07) is 17.0. The van der Waals surface area contributed by atoms with Crippen LogP contribution in [0.2, 0.25) is 5.02 Å². The number of rotatable bonds is 4. The van der Waals surface area contributed by atoms with Gasteiger partial charge in [-0.2, -0.15) is 0 Å². The summed E-state index contributed by atoms with van der Waals surface area (Å²) in [4.78, 5) is 8.29. The van der Waals surface area contributed by atoms with Crippen molar-refractivity contribution in [2.45, 2.75) is 13.5 Å². The Morgan fingerprint density at radius 1 is 0.963 bits per heavy atom. The first-order valence-electron chi connectivity index (χ1n) is 9.26. The van der Waals surface area contributed by atoms with Gasteiger partial charge in [0.25, 0.3) is 0 Å². The largest absolute Gasteiger partial charge is 0.369 e. The molecule has 1 aliphatic heterocycles. The maximum atomic E-state index is 13.1. The number of hydrogen-bond acceptors (Lipinski definition) is 2. The number of H-pyrrole nitrogens is 1. The van der Waals surface area contributed by atoms with Gasteiger partial charge in [0.15, 0.2) is 0 Å². The maximum Gasteiger partial charge on any atom is 0.123 e. The summed E-state index contributed by atoms with van der Waals surface area (Å²) in [5.41, 5.74) is 5.90. The van der Waals surface area contributed by atoms with E-state index < -0.39 is 0 Å². The van der Waals surface area contributed by atoms with Gasteiger partial charge in [-0.15, -0.1) is 0 Å². The second-order valence-electron chi connectivity index (χ2n) is 7.10. The van der Waals surface area contributed by atoms with Gasteiger partial charge >= 0.3 is 0 Å². The topological polar surface area (TPSA) is 22.3 Å². The third-order valence-electron chi connectivity index (χ3n) is 5.12. The van der Waals surface area contributed by atoms with Gasteiger partial charge in [-0.1, -0.05) is 23.7 Å². The minimum atomic E-state index is -0.185. The van der Waals surface area contributed by atoms with Crippen LogP contribution in [0.5, 0.6) is 0 Å². The summed E-state index contributed by atoms with van der Waals surface area (Å²) in [6.45, 7) is 6.88. The molecule has 1 aliphatic rings. The van der Waals surface area contributed by atoms with Crippen molar-refractivity contribution in [3.63, 3.8) is 0 Å². The Kier molecular flexibility index (Phi) is 5.19. The minimum Gasteiger partial charge on any atom is -0.369 e. The molecule has 1 aromatic heterocycles. The number of piperazine rings is 1. The second-order valence-corrected chi connectivity index (χ2v) is 7.54. The lowest BCUT2D eigenvalue weighted by Crippen LogP contribution is -2.46. The van der Waals surface area contributed by atoms with E-state index in [1.807, 2.05) is 24.3 Å². The van der Waals surface area contributed by atoms with Crippen LogP contribution in [0.15, 0.2) is 54.6 Å². The number of benzene rings is 2. The van der Waals surface area contributed by atoms with E-state index in [2.05, 4.69) is 39.9 Å². The molecule has 2 heterocycles. The predicted molar refractivity (Wildman–Crippen MR) is 110 cm³/mol. The molecule has 0 bridgehead atoms. The van der Waals surface area contributed by atoms with Crippen LogP contribution in [-0.4, -0.2) is 36.1 Å². The van der Waals surface area contributed by atoms with E-state index in [0.717, 1.165) is 49.0 Å². The summed E-state index contributed by atoms with van der Waals surface area (Å²) in [5.74, 6) is -0.185. The van der Waals surface area contributed by atoms with Crippen LogP contribution in [-0.2, 0) is 6.54 Å². The van der Waals surface area contributed by atoms with Crippen molar-refractivity contribution in [1.29, 1.82) is 0 Å². The lowest BCUT2D eigenvalue weighted by atomic mass is 10.1. The van der Waals surface area contributed by atoms with Crippen molar-refractivity contribution in [2.24, 2.45) is 0 Å². The molecule has 27 heavy (non-hydrogen) atoms. The van der Waals surface area contributed by atoms with Crippen LogP contribution in [0.4, 0.5) is 10.1 Å². The van der Waals surface area contributed by atoms with Crippen LogP contribution < -0.4 is 4.90 Å². The normalized spacial score (nSPS) is 15.3. The van der Waals surface area contributed by atoms with E-state index in [-0.39, 0.29) is 5.82 Å². The molecule has 0 aliphatic carbocycles. The number of nitrogens with one attached hydrogen (secondary N) is 1. The van der Waals surface area contributed by atoms with Gasteiger partial charge in [0, 0.05) is 49.1 Å². The quantitative estimate of drug-likeness (QED) is 0.676. The number of aromatic nitrogens is 1. The fourth-order valence-corrected chi connectivity index (χ4v) is 3.83. The van der Waals surface area contributed by atoms with E-state index in [0.29, 0.717) is 0 Å². The molecule has 0 saturated carbocycles. The van der Waals surface area contributed by atoms with Crippen molar-refractivity contribution >= 4 is 17.3 Å². The summed E-state index contributed by atoms with van der Waals surface area (Å²) in [6.07, 6.45) is 0. The van der Waals surface area contributed by atoms with Gasteiger partial charge in [-0.3, -0.25) is 4.90 Å². The predicted octanol–water partition coefficient (Wildman–Crippen LogP) is 5.10.